The Morgan fingerprint density at radius 3 is 2.71 bits per heavy atom. The maximum absolute atomic E-state index is 11.5. The SMILES string of the molecule is CCC(N)Cc1ccc(Sc2nc(C)cc(=O)[nH]2)cc1C. The molecule has 1 atom stereocenters. The van der Waals surface area contributed by atoms with Crippen molar-refractivity contribution in [1.29, 1.82) is 0 Å². The molecule has 0 spiro atoms. The summed E-state index contributed by atoms with van der Waals surface area (Å²) in [5.41, 5.74) is 9.12. The van der Waals surface area contributed by atoms with Gasteiger partial charge in [-0.1, -0.05) is 24.8 Å². The van der Waals surface area contributed by atoms with Crippen molar-refractivity contribution >= 4 is 11.8 Å². The van der Waals surface area contributed by atoms with Crippen LogP contribution in [-0.4, -0.2) is 16.0 Å². The number of aromatic nitrogens is 2. The Balaban J connectivity index is 2.18. The fourth-order valence-corrected chi connectivity index (χ4v) is 3.04. The van der Waals surface area contributed by atoms with Gasteiger partial charge in [-0.15, -0.1) is 0 Å². The summed E-state index contributed by atoms with van der Waals surface area (Å²) >= 11 is 1.47. The van der Waals surface area contributed by atoms with Gasteiger partial charge in [-0.3, -0.25) is 4.79 Å². The van der Waals surface area contributed by atoms with Crippen molar-refractivity contribution in [3.05, 3.63) is 51.4 Å². The third-order valence-electron chi connectivity index (χ3n) is 3.38. The Hall–Kier alpha value is -1.59. The lowest BCUT2D eigenvalue weighted by molar-refractivity contribution is 0.644. The lowest BCUT2D eigenvalue weighted by Crippen LogP contribution is -2.21. The molecule has 2 aromatic rings. The minimum Gasteiger partial charge on any atom is -0.327 e. The Morgan fingerprint density at radius 2 is 2.10 bits per heavy atom. The third-order valence-corrected chi connectivity index (χ3v) is 4.26. The van der Waals surface area contributed by atoms with Crippen molar-refractivity contribution in [1.82, 2.24) is 9.97 Å². The molecule has 0 bridgehead atoms. The van der Waals surface area contributed by atoms with Gasteiger partial charge in [0.05, 0.1) is 0 Å². The normalized spacial score (nSPS) is 12.4. The van der Waals surface area contributed by atoms with Crippen LogP contribution in [0, 0.1) is 13.8 Å². The molecule has 0 amide bonds. The van der Waals surface area contributed by atoms with Gasteiger partial charge in [-0.2, -0.15) is 0 Å². The van der Waals surface area contributed by atoms with Gasteiger partial charge in [0, 0.05) is 22.7 Å². The van der Waals surface area contributed by atoms with Gasteiger partial charge in [0.15, 0.2) is 5.16 Å². The summed E-state index contributed by atoms with van der Waals surface area (Å²) < 4.78 is 0. The molecule has 1 aromatic carbocycles. The smallest absolute Gasteiger partial charge is 0.251 e. The van der Waals surface area contributed by atoms with E-state index in [4.69, 9.17) is 5.73 Å². The van der Waals surface area contributed by atoms with E-state index in [9.17, 15) is 4.79 Å². The largest absolute Gasteiger partial charge is 0.327 e. The highest BCUT2D eigenvalue weighted by Gasteiger charge is 2.07. The van der Waals surface area contributed by atoms with Crippen molar-refractivity contribution in [2.24, 2.45) is 5.73 Å². The molecule has 1 heterocycles. The molecule has 2 rings (SSSR count). The van der Waals surface area contributed by atoms with E-state index in [0.29, 0.717) is 5.16 Å². The molecular weight excluding hydrogens is 282 g/mol. The lowest BCUT2D eigenvalue weighted by Gasteiger charge is -2.12. The predicted molar refractivity (Wildman–Crippen MR) is 86.9 cm³/mol. The Bertz CT molecular complexity index is 681. The standard InChI is InChI=1S/C16H21N3OS/c1-4-13(17)9-12-5-6-14(7-10(12)2)21-16-18-11(3)8-15(20)19-16/h5-8,13H,4,9,17H2,1-3H3,(H,18,19,20). The molecule has 0 aliphatic carbocycles. The molecule has 4 nitrogen and oxygen atoms in total. The van der Waals surface area contributed by atoms with E-state index < -0.39 is 0 Å². The average molecular weight is 303 g/mol. The van der Waals surface area contributed by atoms with E-state index in [2.05, 4.69) is 42.0 Å². The van der Waals surface area contributed by atoms with Crippen LogP contribution < -0.4 is 11.3 Å². The molecule has 21 heavy (non-hydrogen) atoms. The van der Waals surface area contributed by atoms with E-state index in [1.165, 1.54) is 29.0 Å². The second kappa shape index (κ2) is 6.91. The number of nitrogens with zero attached hydrogens (tertiary/aromatic N) is 1. The second-order valence-corrected chi connectivity index (χ2v) is 6.32. The summed E-state index contributed by atoms with van der Waals surface area (Å²) in [4.78, 5) is 19.6. The minimum atomic E-state index is -0.118. The molecule has 0 radical (unpaired) electrons. The van der Waals surface area contributed by atoms with E-state index in [1.54, 1.807) is 0 Å². The van der Waals surface area contributed by atoms with E-state index in [1.807, 2.05) is 6.92 Å². The first-order valence-corrected chi connectivity index (χ1v) is 7.90. The molecule has 0 saturated heterocycles. The number of H-pyrrole nitrogens is 1. The fourth-order valence-electron chi connectivity index (χ4n) is 2.10. The molecule has 1 unspecified atom stereocenters. The van der Waals surface area contributed by atoms with Gasteiger partial charge in [-0.05, 0) is 49.9 Å². The minimum absolute atomic E-state index is 0.118. The number of rotatable bonds is 5. The summed E-state index contributed by atoms with van der Waals surface area (Å²) in [6, 6.07) is 7.98. The molecule has 0 saturated carbocycles. The molecule has 112 valence electrons. The van der Waals surface area contributed by atoms with Gasteiger partial charge < -0.3 is 10.7 Å². The van der Waals surface area contributed by atoms with Crippen molar-refractivity contribution in [2.75, 3.05) is 0 Å². The third kappa shape index (κ3) is 4.44. The molecule has 0 aliphatic rings. The van der Waals surface area contributed by atoms with E-state index in [-0.39, 0.29) is 11.6 Å². The summed E-state index contributed by atoms with van der Waals surface area (Å²) in [5, 5.41) is 0.623. The zero-order valence-electron chi connectivity index (χ0n) is 12.6. The highest BCUT2D eigenvalue weighted by atomic mass is 32.2. The average Bonchev–Trinajstić information content (AvgIpc) is 2.40. The maximum atomic E-state index is 11.5. The number of hydrogen-bond donors (Lipinski definition) is 2. The van der Waals surface area contributed by atoms with Crippen LogP contribution in [0.5, 0.6) is 0 Å². The Kier molecular flexibility index (Phi) is 5.20. The second-order valence-electron chi connectivity index (χ2n) is 5.25. The van der Waals surface area contributed by atoms with Crippen LogP contribution in [0.2, 0.25) is 0 Å². The predicted octanol–water partition coefficient (Wildman–Crippen LogP) is 2.82. The number of aromatic amines is 1. The molecule has 0 aliphatic heterocycles. The van der Waals surface area contributed by atoms with Crippen LogP contribution in [0.1, 0.15) is 30.2 Å². The van der Waals surface area contributed by atoms with Crippen LogP contribution in [-0.2, 0) is 6.42 Å². The summed E-state index contributed by atoms with van der Waals surface area (Å²) in [6.07, 6.45) is 1.87. The number of nitrogens with one attached hydrogen (secondary N) is 1. The van der Waals surface area contributed by atoms with E-state index in [0.717, 1.165) is 23.4 Å². The Labute approximate surface area is 129 Å². The molecule has 5 heteroatoms. The van der Waals surface area contributed by atoms with Gasteiger partial charge in [0.1, 0.15) is 0 Å². The van der Waals surface area contributed by atoms with E-state index >= 15 is 0 Å². The summed E-state index contributed by atoms with van der Waals surface area (Å²) in [7, 11) is 0. The monoisotopic (exact) mass is 303 g/mol. The first-order valence-electron chi connectivity index (χ1n) is 7.09. The fraction of sp³-hybridized carbons (Fsp3) is 0.375. The van der Waals surface area contributed by atoms with Crippen molar-refractivity contribution in [2.45, 2.75) is 49.7 Å². The lowest BCUT2D eigenvalue weighted by atomic mass is 10.0. The van der Waals surface area contributed by atoms with Gasteiger partial charge >= 0.3 is 0 Å². The van der Waals surface area contributed by atoms with Crippen LogP contribution in [0.4, 0.5) is 0 Å². The number of nitrogens with two attached hydrogens (primary N) is 1. The number of benzene rings is 1. The van der Waals surface area contributed by atoms with Crippen LogP contribution in [0.15, 0.2) is 39.1 Å². The number of aryl methyl sites for hydroxylation is 2. The molecule has 3 N–H and O–H groups in total. The zero-order chi connectivity index (χ0) is 15.4. The van der Waals surface area contributed by atoms with Crippen LogP contribution in [0.25, 0.3) is 0 Å². The highest BCUT2D eigenvalue weighted by Crippen LogP contribution is 2.26. The van der Waals surface area contributed by atoms with Crippen molar-refractivity contribution < 1.29 is 0 Å². The number of hydrogen-bond acceptors (Lipinski definition) is 4. The summed E-state index contributed by atoms with van der Waals surface area (Å²) in [5.74, 6) is 0. The quantitative estimate of drug-likeness (QED) is 0.833. The van der Waals surface area contributed by atoms with Crippen LogP contribution in [0.3, 0.4) is 0 Å². The maximum Gasteiger partial charge on any atom is 0.251 e. The van der Waals surface area contributed by atoms with Crippen LogP contribution >= 0.6 is 11.8 Å². The van der Waals surface area contributed by atoms with Crippen molar-refractivity contribution in [3.8, 4) is 0 Å². The molecule has 0 fully saturated rings. The topological polar surface area (TPSA) is 71.8 Å². The highest BCUT2D eigenvalue weighted by molar-refractivity contribution is 7.99. The van der Waals surface area contributed by atoms with Gasteiger partial charge in [0.25, 0.3) is 5.56 Å². The Morgan fingerprint density at radius 1 is 1.33 bits per heavy atom. The first kappa shape index (κ1) is 15.8. The molecule has 1 aromatic heterocycles. The van der Waals surface area contributed by atoms with Gasteiger partial charge in [-0.25, -0.2) is 4.98 Å². The van der Waals surface area contributed by atoms with Gasteiger partial charge in [0.2, 0.25) is 0 Å². The summed E-state index contributed by atoms with van der Waals surface area (Å²) in [6.45, 7) is 6.01. The molecular formula is C16H21N3OS. The zero-order valence-corrected chi connectivity index (χ0v) is 13.5. The van der Waals surface area contributed by atoms with Crippen molar-refractivity contribution in [3.63, 3.8) is 0 Å². The first-order chi connectivity index (χ1) is 9.97.